The van der Waals surface area contributed by atoms with E-state index in [9.17, 15) is 0 Å². The summed E-state index contributed by atoms with van der Waals surface area (Å²) in [4.78, 5) is 0. The van der Waals surface area contributed by atoms with Crippen LogP contribution in [-0.2, 0) is 32.7 Å². The van der Waals surface area contributed by atoms with Crippen molar-refractivity contribution in [3.8, 4) is 0 Å². The third kappa shape index (κ3) is 4.80. The molecule has 0 bridgehead atoms. The van der Waals surface area contributed by atoms with Crippen LogP contribution in [0.3, 0.4) is 0 Å². The Balaban J connectivity index is 0. The molecule has 0 aliphatic carbocycles. The Morgan fingerprint density at radius 2 is 2.11 bits per heavy atom. The number of hydrogen-bond donors (Lipinski definition) is 0. The molecule has 0 heterocycles. The third-order valence-electron chi connectivity index (χ3n) is 0.863. The smallest absolute Gasteiger partial charge is 0 e. The second kappa shape index (κ2) is 6.44. The van der Waals surface area contributed by atoms with Crippen LogP contribution in [-0.4, -0.2) is 0 Å². The van der Waals surface area contributed by atoms with Crippen molar-refractivity contribution >= 4 is 0 Å². The van der Waals surface area contributed by atoms with Crippen LogP contribution in [0.15, 0.2) is 24.3 Å². The van der Waals surface area contributed by atoms with Crippen LogP contribution < -0.4 is 0 Å². The topological polar surface area (TPSA) is 0 Å². The Hall–Kier alpha value is 0.324. The predicted molar refractivity (Wildman–Crippen MR) is 36.4 cm³/mol. The first-order valence-electron chi connectivity index (χ1n) is 2.32. The molecule has 0 unspecified atom stereocenters. The van der Waals surface area contributed by atoms with Crippen LogP contribution >= 0.6 is 0 Å². The fraction of sp³-hybridized carbons (Fsp3) is 0.125. The largest absolute Gasteiger partial charge is 0.358 e. The van der Waals surface area contributed by atoms with Crippen molar-refractivity contribution in [1.29, 1.82) is 0 Å². The zero-order chi connectivity index (χ0) is 5.11. The molecule has 1 aromatic rings. The molecule has 0 aliphatic rings. The van der Waals surface area contributed by atoms with Crippen LogP contribution in [0, 0.1) is 20.4 Å². The minimum Gasteiger partial charge on any atom is -0.358 e. The van der Waals surface area contributed by atoms with Gasteiger partial charge in [-0.1, -0.05) is 6.92 Å². The van der Waals surface area contributed by atoms with Crippen LogP contribution in [0.2, 0.25) is 0 Å². The summed E-state index contributed by atoms with van der Waals surface area (Å²) in [5, 5.41) is 0. The van der Waals surface area contributed by atoms with Gasteiger partial charge in [0.2, 0.25) is 0 Å². The second-order valence-corrected chi connectivity index (χ2v) is 1.58. The molecule has 0 atom stereocenters. The molecule has 0 aromatic heterocycles. The van der Waals surface area contributed by atoms with Gasteiger partial charge < -0.3 is 7.43 Å². The maximum atomic E-state index is 2.96. The van der Waals surface area contributed by atoms with Gasteiger partial charge in [0.25, 0.3) is 0 Å². The molecule has 1 rings (SSSR count). The van der Waals surface area contributed by atoms with E-state index in [0.717, 1.165) is 0 Å². The Morgan fingerprint density at radius 3 is 2.33 bits per heavy atom. The molecule has 0 saturated carbocycles. The predicted octanol–water partition coefficient (Wildman–Crippen LogP) is 2.24. The molecule has 1 heteroatoms. The van der Waals surface area contributed by atoms with E-state index in [1.165, 1.54) is 5.56 Å². The minimum absolute atomic E-state index is 0. The maximum Gasteiger partial charge on any atom is 0 e. The van der Waals surface area contributed by atoms with Crippen molar-refractivity contribution < 1.29 is 32.7 Å². The van der Waals surface area contributed by atoms with Crippen LogP contribution in [0.25, 0.3) is 0 Å². The average Bonchev–Trinajstić information content (AvgIpc) is 1.69. The molecular weight excluding hydrogens is 185 g/mol. The summed E-state index contributed by atoms with van der Waals surface area (Å²) in [5.74, 6) is 0. The molecule has 0 nitrogen and oxygen atoms in total. The van der Waals surface area contributed by atoms with E-state index < -0.39 is 0 Å². The van der Waals surface area contributed by atoms with Gasteiger partial charge in [0.15, 0.2) is 0 Å². The Morgan fingerprint density at radius 1 is 1.44 bits per heavy atom. The van der Waals surface area contributed by atoms with E-state index in [4.69, 9.17) is 0 Å². The molecular formula is C8H10Y-2. The number of aryl methyl sites for hydroxylation is 1. The van der Waals surface area contributed by atoms with Crippen molar-refractivity contribution in [2.24, 2.45) is 0 Å². The van der Waals surface area contributed by atoms with Crippen molar-refractivity contribution in [3.63, 3.8) is 0 Å². The van der Waals surface area contributed by atoms with Gasteiger partial charge in [0.05, 0.1) is 0 Å². The summed E-state index contributed by atoms with van der Waals surface area (Å²) in [5.41, 5.74) is 1.27. The normalized spacial score (nSPS) is 6.78. The van der Waals surface area contributed by atoms with Gasteiger partial charge in [-0.2, -0.15) is 35.9 Å². The van der Waals surface area contributed by atoms with E-state index in [1.54, 1.807) is 0 Å². The summed E-state index contributed by atoms with van der Waals surface area (Å²) >= 11 is 0. The Labute approximate surface area is 82.6 Å². The van der Waals surface area contributed by atoms with Crippen LogP contribution in [0.5, 0.6) is 0 Å². The minimum atomic E-state index is 0. The first-order valence-corrected chi connectivity index (χ1v) is 2.32. The zero-order valence-corrected chi connectivity index (χ0v) is 8.73. The summed E-state index contributed by atoms with van der Waals surface area (Å²) in [6, 6.07) is 10.8. The van der Waals surface area contributed by atoms with Gasteiger partial charge >= 0.3 is 0 Å². The first kappa shape index (κ1) is 12.0. The van der Waals surface area contributed by atoms with Gasteiger partial charge in [0, 0.05) is 32.7 Å². The summed E-state index contributed by atoms with van der Waals surface area (Å²) in [6.45, 7) is 2.05. The Kier molecular flexibility index (Phi) is 8.62. The molecule has 1 aromatic carbocycles. The maximum absolute atomic E-state index is 2.96. The summed E-state index contributed by atoms with van der Waals surface area (Å²) in [7, 11) is 0. The van der Waals surface area contributed by atoms with Crippen molar-refractivity contribution in [1.82, 2.24) is 0 Å². The standard InChI is InChI=1S/C7H7.CH3.Y/c1-7-5-3-2-4-6-7;;/h2-3,5-6H,1H3;1H3;/q2*-1;. The number of rotatable bonds is 0. The SMILES string of the molecule is Cc1c[c-]ccc1.[CH3-].[Y]. The molecule has 0 spiro atoms. The molecule has 9 heavy (non-hydrogen) atoms. The molecule has 0 aliphatic heterocycles. The van der Waals surface area contributed by atoms with E-state index in [0.29, 0.717) is 0 Å². The van der Waals surface area contributed by atoms with Crippen molar-refractivity contribution in [2.45, 2.75) is 6.92 Å². The second-order valence-electron chi connectivity index (χ2n) is 1.58. The summed E-state index contributed by atoms with van der Waals surface area (Å²) in [6.07, 6.45) is 0. The first-order chi connectivity index (χ1) is 3.39. The van der Waals surface area contributed by atoms with E-state index in [1.807, 2.05) is 18.2 Å². The van der Waals surface area contributed by atoms with Gasteiger partial charge in [-0.15, -0.1) is 0 Å². The van der Waals surface area contributed by atoms with Gasteiger partial charge in [-0.05, 0) is 0 Å². The zero-order valence-electron chi connectivity index (χ0n) is 5.89. The van der Waals surface area contributed by atoms with Gasteiger partial charge in [-0.3, -0.25) is 0 Å². The quantitative estimate of drug-likeness (QED) is 0.557. The summed E-state index contributed by atoms with van der Waals surface area (Å²) < 4.78 is 0. The van der Waals surface area contributed by atoms with E-state index >= 15 is 0 Å². The molecule has 1 radical (unpaired) electrons. The Bertz CT molecular complexity index is 134. The van der Waals surface area contributed by atoms with Gasteiger partial charge in [-0.25, -0.2) is 0 Å². The molecule has 47 valence electrons. The molecule has 0 amide bonds. The van der Waals surface area contributed by atoms with Crippen LogP contribution in [0.4, 0.5) is 0 Å². The van der Waals surface area contributed by atoms with Crippen LogP contribution in [0.1, 0.15) is 5.56 Å². The average molecular weight is 195 g/mol. The third-order valence-corrected chi connectivity index (χ3v) is 0.863. The van der Waals surface area contributed by atoms with Gasteiger partial charge in [0.1, 0.15) is 0 Å². The monoisotopic (exact) mass is 195 g/mol. The molecule has 0 saturated heterocycles. The number of benzene rings is 1. The van der Waals surface area contributed by atoms with E-state index in [2.05, 4.69) is 19.1 Å². The fourth-order valence-corrected chi connectivity index (χ4v) is 0.483. The van der Waals surface area contributed by atoms with Crippen molar-refractivity contribution in [2.75, 3.05) is 0 Å². The molecule has 0 N–H and O–H groups in total. The van der Waals surface area contributed by atoms with E-state index in [-0.39, 0.29) is 40.1 Å². The number of hydrogen-bond acceptors (Lipinski definition) is 0. The molecule has 0 fully saturated rings. The van der Waals surface area contributed by atoms with Crippen molar-refractivity contribution in [3.05, 3.63) is 43.3 Å². The fourth-order valence-electron chi connectivity index (χ4n) is 0.483.